The van der Waals surface area contributed by atoms with Gasteiger partial charge in [0.05, 0.1) is 5.92 Å². The summed E-state index contributed by atoms with van der Waals surface area (Å²) >= 11 is 0. The van der Waals surface area contributed by atoms with Crippen molar-refractivity contribution in [3.63, 3.8) is 0 Å². The molecule has 0 saturated heterocycles. The largest absolute Gasteiger partial charge is 0.393 e. The molecule has 0 heterocycles. The predicted molar refractivity (Wildman–Crippen MR) is 110 cm³/mol. The van der Waals surface area contributed by atoms with Gasteiger partial charge < -0.3 is 4.74 Å². The SMILES string of the molecule is CCCCCCCCCCC(C)C(=O)OC(=O)CCCCCCCCC. The Balaban J connectivity index is 3.54. The van der Waals surface area contributed by atoms with Crippen LogP contribution in [0.1, 0.15) is 130 Å². The van der Waals surface area contributed by atoms with Crippen molar-refractivity contribution in [2.24, 2.45) is 5.92 Å². The summed E-state index contributed by atoms with van der Waals surface area (Å²) in [5, 5.41) is 0. The minimum atomic E-state index is -0.341. The molecule has 0 bridgehead atoms. The maximum absolute atomic E-state index is 12.0. The van der Waals surface area contributed by atoms with Gasteiger partial charge in [-0.2, -0.15) is 0 Å². The summed E-state index contributed by atoms with van der Waals surface area (Å²) in [5.74, 6) is -0.833. The van der Waals surface area contributed by atoms with Crippen molar-refractivity contribution in [3.8, 4) is 0 Å². The van der Waals surface area contributed by atoms with E-state index >= 15 is 0 Å². The van der Waals surface area contributed by atoms with Crippen LogP contribution >= 0.6 is 0 Å². The molecular weight excluding hydrogens is 324 g/mol. The first kappa shape index (κ1) is 25.1. The van der Waals surface area contributed by atoms with Gasteiger partial charge in [-0.15, -0.1) is 0 Å². The second kappa shape index (κ2) is 18.9. The van der Waals surface area contributed by atoms with Gasteiger partial charge in [0.1, 0.15) is 0 Å². The lowest BCUT2D eigenvalue weighted by Crippen LogP contribution is -2.19. The molecule has 1 atom stereocenters. The van der Waals surface area contributed by atoms with Crippen LogP contribution in [0.2, 0.25) is 0 Å². The van der Waals surface area contributed by atoms with E-state index in [1.807, 2.05) is 6.92 Å². The number of hydrogen-bond donors (Lipinski definition) is 0. The second-order valence-corrected chi connectivity index (χ2v) is 7.83. The summed E-state index contributed by atoms with van der Waals surface area (Å²) in [5.41, 5.74) is 0. The second-order valence-electron chi connectivity index (χ2n) is 7.83. The molecule has 0 rings (SSSR count). The summed E-state index contributed by atoms with van der Waals surface area (Å²) < 4.78 is 5.00. The lowest BCUT2D eigenvalue weighted by Gasteiger charge is -2.10. The van der Waals surface area contributed by atoms with Gasteiger partial charge in [0.2, 0.25) is 0 Å². The number of unbranched alkanes of at least 4 members (excludes halogenated alkanes) is 13. The van der Waals surface area contributed by atoms with Crippen LogP contribution in [0.15, 0.2) is 0 Å². The fourth-order valence-corrected chi connectivity index (χ4v) is 3.19. The smallest absolute Gasteiger partial charge is 0.316 e. The monoisotopic (exact) mass is 368 g/mol. The van der Waals surface area contributed by atoms with Crippen LogP contribution < -0.4 is 0 Å². The van der Waals surface area contributed by atoms with E-state index in [0.717, 1.165) is 25.7 Å². The quantitative estimate of drug-likeness (QED) is 0.144. The van der Waals surface area contributed by atoms with Gasteiger partial charge in [-0.3, -0.25) is 9.59 Å². The fraction of sp³-hybridized carbons (Fsp3) is 0.913. The molecule has 0 aliphatic rings. The number of hydrogen-bond acceptors (Lipinski definition) is 3. The maximum Gasteiger partial charge on any atom is 0.316 e. The Hall–Kier alpha value is -0.860. The molecule has 3 heteroatoms. The molecule has 0 aromatic rings. The van der Waals surface area contributed by atoms with Gasteiger partial charge in [0, 0.05) is 6.42 Å². The van der Waals surface area contributed by atoms with Gasteiger partial charge in [-0.05, 0) is 12.8 Å². The minimum absolute atomic E-state index is 0.159. The Labute approximate surface area is 162 Å². The summed E-state index contributed by atoms with van der Waals surface area (Å²) in [4.78, 5) is 23.7. The lowest BCUT2D eigenvalue weighted by molar-refractivity contribution is -0.162. The molecule has 0 aromatic heterocycles. The first-order valence-electron chi connectivity index (χ1n) is 11.4. The van der Waals surface area contributed by atoms with Crippen LogP contribution in [0.5, 0.6) is 0 Å². The minimum Gasteiger partial charge on any atom is -0.393 e. The molecular formula is C23H44O3. The number of ether oxygens (including phenoxy) is 1. The van der Waals surface area contributed by atoms with Crippen molar-refractivity contribution in [1.82, 2.24) is 0 Å². The Morgan fingerprint density at radius 3 is 1.58 bits per heavy atom. The highest BCUT2D eigenvalue weighted by atomic mass is 16.6. The zero-order chi connectivity index (χ0) is 19.5. The Bertz CT molecular complexity index is 338. The first-order valence-corrected chi connectivity index (χ1v) is 11.4. The number of esters is 2. The molecule has 0 spiro atoms. The Morgan fingerprint density at radius 2 is 1.08 bits per heavy atom. The van der Waals surface area contributed by atoms with Crippen LogP contribution in [0, 0.1) is 5.92 Å². The van der Waals surface area contributed by atoms with E-state index in [1.54, 1.807) is 0 Å². The number of rotatable bonds is 18. The van der Waals surface area contributed by atoms with Crippen molar-refractivity contribution >= 4 is 11.9 Å². The van der Waals surface area contributed by atoms with Crippen molar-refractivity contribution in [3.05, 3.63) is 0 Å². The fourth-order valence-electron chi connectivity index (χ4n) is 3.19. The van der Waals surface area contributed by atoms with Crippen LogP contribution in [0.3, 0.4) is 0 Å². The van der Waals surface area contributed by atoms with Crippen molar-refractivity contribution < 1.29 is 14.3 Å². The molecule has 26 heavy (non-hydrogen) atoms. The van der Waals surface area contributed by atoms with Crippen molar-refractivity contribution in [2.45, 2.75) is 130 Å². The zero-order valence-corrected chi connectivity index (χ0v) is 17.8. The lowest BCUT2D eigenvalue weighted by atomic mass is 10.0. The summed E-state index contributed by atoms with van der Waals surface area (Å²) in [6.45, 7) is 6.33. The van der Waals surface area contributed by atoms with E-state index in [2.05, 4.69) is 13.8 Å². The Morgan fingerprint density at radius 1 is 0.654 bits per heavy atom. The molecule has 0 aliphatic heterocycles. The Kier molecular flexibility index (Phi) is 18.3. The van der Waals surface area contributed by atoms with E-state index < -0.39 is 0 Å². The first-order chi connectivity index (χ1) is 12.6. The van der Waals surface area contributed by atoms with Crippen molar-refractivity contribution in [1.29, 1.82) is 0 Å². The highest BCUT2D eigenvalue weighted by Gasteiger charge is 2.17. The molecule has 0 aliphatic carbocycles. The highest BCUT2D eigenvalue weighted by Crippen LogP contribution is 2.15. The molecule has 0 radical (unpaired) electrons. The molecule has 3 nitrogen and oxygen atoms in total. The van der Waals surface area contributed by atoms with Crippen LogP contribution in [0.25, 0.3) is 0 Å². The van der Waals surface area contributed by atoms with Crippen LogP contribution in [-0.2, 0) is 14.3 Å². The van der Waals surface area contributed by atoms with Gasteiger partial charge in [0.15, 0.2) is 0 Å². The third-order valence-corrected chi connectivity index (χ3v) is 5.09. The molecule has 0 amide bonds. The van der Waals surface area contributed by atoms with E-state index in [0.29, 0.717) is 6.42 Å². The van der Waals surface area contributed by atoms with E-state index in [1.165, 1.54) is 77.0 Å². The summed E-state index contributed by atoms with van der Waals surface area (Å²) in [6, 6.07) is 0. The standard InChI is InChI=1S/C23H44O3/c1-4-6-8-10-12-14-15-17-19-21(3)23(25)26-22(24)20-18-16-13-11-9-7-5-2/h21H,4-20H2,1-3H3. The molecule has 154 valence electrons. The van der Waals surface area contributed by atoms with Crippen LogP contribution in [0.4, 0.5) is 0 Å². The van der Waals surface area contributed by atoms with Crippen molar-refractivity contribution in [2.75, 3.05) is 0 Å². The number of carbonyl (C=O) groups excluding carboxylic acids is 2. The van der Waals surface area contributed by atoms with Gasteiger partial charge >= 0.3 is 11.9 Å². The molecule has 0 saturated carbocycles. The van der Waals surface area contributed by atoms with Gasteiger partial charge in [-0.25, -0.2) is 0 Å². The molecule has 0 fully saturated rings. The summed E-state index contributed by atoms with van der Waals surface area (Å²) in [7, 11) is 0. The van der Waals surface area contributed by atoms with E-state index in [-0.39, 0.29) is 17.9 Å². The van der Waals surface area contributed by atoms with E-state index in [9.17, 15) is 9.59 Å². The topological polar surface area (TPSA) is 43.4 Å². The molecule has 0 aromatic carbocycles. The van der Waals surface area contributed by atoms with E-state index in [4.69, 9.17) is 4.74 Å². The highest BCUT2D eigenvalue weighted by molar-refractivity contribution is 5.86. The molecule has 1 unspecified atom stereocenters. The zero-order valence-electron chi connectivity index (χ0n) is 17.8. The average Bonchev–Trinajstić information content (AvgIpc) is 2.62. The normalized spacial score (nSPS) is 12.1. The maximum atomic E-state index is 12.0. The molecule has 0 N–H and O–H groups in total. The predicted octanol–water partition coefficient (Wildman–Crippen LogP) is 7.36. The number of carbonyl (C=O) groups is 2. The van der Waals surface area contributed by atoms with Gasteiger partial charge in [0.25, 0.3) is 0 Å². The average molecular weight is 369 g/mol. The third-order valence-electron chi connectivity index (χ3n) is 5.09. The van der Waals surface area contributed by atoms with Gasteiger partial charge in [-0.1, -0.05) is 111 Å². The summed E-state index contributed by atoms with van der Waals surface area (Å²) in [6.07, 6.45) is 19.5. The van der Waals surface area contributed by atoms with Crippen LogP contribution in [-0.4, -0.2) is 11.9 Å². The third kappa shape index (κ3) is 16.6.